The second-order valence-corrected chi connectivity index (χ2v) is 7.28. The molecule has 142 valence electrons. The summed E-state index contributed by atoms with van der Waals surface area (Å²) in [5.74, 6) is 0.664. The first-order valence-corrected chi connectivity index (χ1v) is 9.89. The molecule has 2 amide bonds. The van der Waals surface area contributed by atoms with Gasteiger partial charge >= 0.3 is 0 Å². The third kappa shape index (κ3) is 4.04. The molecule has 0 radical (unpaired) electrons. The molecule has 28 heavy (non-hydrogen) atoms. The molecule has 7 heteroatoms. The van der Waals surface area contributed by atoms with Crippen molar-refractivity contribution < 1.29 is 14.3 Å². The molecule has 6 nitrogen and oxygen atoms in total. The normalized spacial score (nSPS) is 12.4. The fraction of sp³-hybridized carbons (Fsp3) is 0.190. The number of aromatic nitrogens is 1. The van der Waals surface area contributed by atoms with E-state index in [1.54, 1.807) is 6.07 Å². The number of anilines is 2. The van der Waals surface area contributed by atoms with Crippen LogP contribution in [-0.2, 0) is 22.4 Å². The molecule has 0 fully saturated rings. The van der Waals surface area contributed by atoms with E-state index in [1.807, 2.05) is 48.7 Å². The molecular formula is C21H19N3O3S. The van der Waals surface area contributed by atoms with Crippen LogP contribution in [-0.4, -0.2) is 23.4 Å². The molecule has 0 saturated carbocycles. The first-order chi connectivity index (χ1) is 13.6. The average Bonchev–Trinajstić information content (AvgIpc) is 3.28. The van der Waals surface area contributed by atoms with Crippen LogP contribution < -0.4 is 15.4 Å². The number of benzene rings is 2. The number of ether oxygens (including phenoxy) is 1. The van der Waals surface area contributed by atoms with E-state index in [-0.39, 0.29) is 18.2 Å². The van der Waals surface area contributed by atoms with Crippen molar-refractivity contribution in [2.75, 3.05) is 17.2 Å². The molecule has 0 bridgehead atoms. The van der Waals surface area contributed by atoms with Crippen molar-refractivity contribution in [2.45, 2.75) is 19.8 Å². The van der Waals surface area contributed by atoms with Crippen LogP contribution in [0.3, 0.4) is 0 Å². The summed E-state index contributed by atoms with van der Waals surface area (Å²) in [6.07, 6.45) is 0.540. The van der Waals surface area contributed by atoms with Crippen molar-refractivity contribution in [3.63, 3.8) is 0 Å². The highest BCUT2D eigenvalue weighted by Crippen LogP contribution is 2.27. The summed E-state index contributed by atoms with van der Waals surface area (Å²) in [7, 11) is 0. The lowest BCUT2D eigenvalue weighted by molar-refractivity contribution is -0.116. The Morgan fingerprint density at radius 1 is 1.25 bits per heavy atom. The molecule has 1 aromatic heterocycles. The zero-order chi connectivity index (χ0) is 19.5. The van der Waals surface area contributed by atoms with E-state index in [1.165, 1.54) is 11.3 Å². The maximum absolute atomic E-state index is 12.4. The minimum Gasteiger partial charge on any atom is -0.494 e. The van der Waals surface area contributed by atoms with E-state index in [0.717, 1.165) is 33.3 Å². The Morgan fingerprint density at radius 2 is 2.07 bits per heavy atom. The highest BCUT2D eigenvalue weighted by molar-refractivity contribution is 7.13. The summed E-state index contributed by atoms with van der Waals surface area (Å²) in [4.78, 5) is 28.4. The predicted molar refractivity (Wildman–Crippen MR) is 110 cm³/mol. The van der Waals surface area contributed by atoms with Crippen LogP contribution in [0.2, 0.25) is 0 Å². The summed E-state index contributed by atoms with van der Waals surface area (Å²) in [5.41, 5.74) is 4.11. The second kappa shape index (κ2) is 7.82. The van der Waals surface area contributed by atoms with Crippen molar-refractivity contribution in [1.29, 1.82) is 0 Å². The maximum atomic E-state index is 12.4. The van der Waals surface area contributed by atoms with Crippen molar-refractivity contribution in [3.05, 3.63) is 59.1 Å². The van der Waals surface area contributed by atoms with Gasteiger partial charge in [0.2, 0.25) is 11.8 Å². The Labute approximate surface area is 166 Å². The first-order valence-electron chi connectivity index (χ1n) is 9.01. The average molecular weight is 393 g/mol. The quantitative estimate of drug-likeness (QED) is 0.666. The Balaban J connectivity index is 1.39. The molecule has 0 saturated heterocycles. The summed E-state index contributed by atoms with van der Waals surface area (Å²) >= 11 is 1.51. The Kier molecular flexibility index (Phi) is 5.08. The number of hydrogen-bond donors (Lipinski definition) is 2. The van der Waals surface area contributed by atoms with E-state index in [2.05, 4.69) is 15.6 Å². The number of nitrogens with one attached hydrogen (secondary N) is 2. The standard InChI is InChI=1S/C21H19N3O3S/c1-2-27-17-6-3-13(4-7-17)21-23-16(12-28-21)11-20(26)22-15-5-8-18-14(9-15)10-19(25)24-18/h3-9,12H,2,10-11H2,1H3,(H,22,26)(H,24,25). The van der Waals surface area contributed by atoms with Gasteiger partial charge in [-0.15, -0.1) is 11.3 Å². The highest BCUT2D eigenvalue weighted by Gasteiger charge is 2.18. The minimum atomic E-state index is -0.138. The van der Waals surface area contributed by atoms with Crippen LogP contribution >= 0.6 is 11.3 Å². The van der Waals surface area contributed by atoms with Gasteiger partial charge in [0, 0.05) is 22.3 Å². The molecule has 0 aliphatic carbocycles. The summed E-state index contributed by atoms with van der Waals surface area (Å²) in [5, 5.41) is 8.42. The van der Waals surface area contributed by atoms with Gasteiger partial charge in [0.15, 0.2) is 0 Å². The topological polar surface area (TPSA) is 80.3 Å². The Hall–Kier alpha value is -3.19. The largest absolute Gasteiger partial charge is 0.494 e. The molecule has 4 rings (SSSR count). The van der Waals surface area contributed by atoms with E-state index < -0.39 is 0 Å². The summed E-state index contributed by atoms with van der Waals surface area (Å²) in [6, 6.07) is 13.2. The lowest BCUT2D eigenvalue weighted by Crippen LogP contribution is -2.14. The van der Waals surface area contributed by atoms with Gasteiger partial charge in [-0.1, -0.05) is 0 Å². The first kappa shape index (κ1) is 18.2. The van der Waals surface area contributed by atoms with Crippen LogP contribution in [0.15, 0.2) is 47.8 Å². The van der Waals surface area contributed by atoms with Gasteiger partial charge in [-0.3, -0.25) is 9.59 Å². The van der Waals surface area contributed by atoms with Crippen LogP contribution in [0, 0.1) is 0 Å². The van der Waals surface area contributed by atoms with Gasteiger partial charge in [-0.05, 0) is 55.0 Å². The zero-order valence-electron chi connectivity index (χ0n) is 15.3. The molecule has 0 atom stereocenters. The summed E-state index contributed by atoms with van der Waals surface area (Å²) in [6.45, 7) is 2.58. The van der Waals surface area contributed by atoms with Crippen molar-refractivity contribution >= 4 is 34.5 Å². The monoisotopic (exact) mass is 393 g/mol. The molecule has 3 aromatic rings. The van der Waals surface area contributed by atoms with Gasteiger partial charge in [0.1, 0.15) is 10.8 Å². The molecule has 1 aliphatic rings. The smallest absolute Gasteiger partial charge is 0.230 e. The fourth-order valence-corrected chi connectivity index (χ4v) is 3.88. The molecule has 2 heterocycles. The Morgan fingerprint density at radius 3 is 2.86 bits per heavy atom. The molecule has 2 aromatic carbocycles. The lowest BCUT2D eigenvalue weighted by Gasteiger charge is -2.06. The number of rotatable bonds is 6. The lowest BCUT2D eigenvalue weighted by atomic mass is 10.1. The van der Waals surface area contributed by atoms with Gasteiger partial charge in [-0.25, -0.2) is 4.98 Å². The van der Waals surface area contributed by atoms with Crippen LogP contribution in [0.25, 0.3) is 10.6 Å². The molecule has 1 aliphatic heterocycles. The molecule has 0 spiro atoms. The SMILES string of the molecule is CCOc1ccc(-c2nc(CC(=O)Nc3ccc4c(c3)CC(=O)N4)cs2)cc1. The molecule has 0 unspecified atom stereocenters. The van der Waals surface area contributed by atoms with Crippen molar-refractivity contribution in [1.82, 2.24) is 4.98 Å². The van der Waals surface area contributed by atoms with E-state index >= 15 is 0 Å². The zero-order valence-corrected chi connectivity index (χ0v) is 16.1. The van der Waals surface area contributed by atoms with Gasteiger partial charge in [-0.2, -0.15) is 0 Å². The third-order valence-corrected chi connectivity index (χ3v) is 5.26. The number of fused-ring (bicyclic) bond motifs is 1. The van der Waals surface area contributed by atoms with E-state index in [0.29, 0.717) is 18.7 Å². The second-order valence-electron chi connectivity index (χ2n) is 6.42. The number of carbonyl (C=O) groups excluding carboxylic acids is 2. The highest BCUT2D eigenvalue weighted by atomic mass is 32.1. The predicted octanol–water partition coefficient (Wildman–Crippen LogP) is 3.88. The summed E-state index contributed by atoms with van der Waals surface area (Å²) < 4.78 is 5.45. The molecular weight excluding hydrogens is 374 g/mol. The van der Waals surface area contributed by atoms with E-state index in [4.69, 9.17) is 4.74 Å². The van der Waals surface area contributed by atoms with Gasteiger partial charge < -0.3 is 15.4 Å². The number of hydrogen-bond acceptors (Lipinski definition) is 5. The number of amides is 2. The Bertz CT molecular complexity index is 1030. The van der Waals surface area contributed by atoms with Crippen LogP contribution in [0.5, 0.6) is 5.75 Å². The number of thiazole rings is 1. The van der Waals surface area contributed by atoms with E-state index in [9.17, 15) is 9.59 Å². The van der Waals surface area contributed by atoms with Crippen molar-refractivity contribution in [3.8, 4) is 16.3 Å². The maximum Gasteiger partial charge on any atom is 0.230 e. The molecule has 2 N–H and O–H groups in total. The van der Waals surface area contributed by atoms with Crippen LogP contribution in [0.4, 0.5) is 11.4 Å². The van der Waals surface area contributed by atoms with Crippen LogP contribution in [0.1, 0.15) is 18.2 Å². The van der Waals surface area contributed by atoms with Gasteiger partial charge in [0.05, 0.1) is 25.1 Å². The van der Waals surface area contributed by atoms with Gasteiger partial charge in [0.25, 0.3) is 0 Å². The number of carbonyl (C=O) groups is 2. The fourth-order valence-electron chi connectivity index (χ4n) is 3.06. The number of nitrogens with zero attached hydrogens (tertiary/aromatic N) is 1. The minimum absolute atomic E-state index is 0.0252. The van der Waals surface area contributed by atoms with Crippen molar-refractivity contribution in [2.24, 2.45) is 0 Å². The third-order valence-electron chi connectivity index (χ3n) is 4.32.